The number of hydrogen-bond donors (Lipinski definition) is 3. The first-order valence-corrected chi connectivity index (χ1v) is 45.3. The van der Waals surface area contributed by atoms with Crippen LogP contribution in [-0.2, 0) is 65.4 Å². The lowest BCUT2D eigenvalue weighted by Gasteiger charge is -2.21. The number of hydrogen-bond acceptors (Lipinski definition) is 15. The maximum absolute atomic E-state index is 13.1. The first kappa shape index (κ1) is 106. The summed E-state index contributed by atoms with van der Waals surface area (Å²) in [7, 11) is -10.0. The second-order valence-corrected chi connectivity index (χ2v) is 30.2. The molecule has 5 atom stereocenters. The van der Waals surface area contributed by atoms with Gasteiger partial charge in [-0.15, -0.1) is 0 Å². The highest BCUT2D eigenvalue weighted by molar-refractivity contribution is 7.47. The number of ether oxygens (including phenoxy) is 4. The molecule has 0 radical (unpaired) electrons. The topological polar surface area (TPSA) is 237 Å². The van der Waals surface area contributed by atoms with Crippen molar-refractivity contribution in [1.29, 1.82) is 0 Å². The fraction of sp³-hybridized carbons (Fsp3) is 0.591. The fourth-order valence-corrected chi connectivity index (χ4v) is 12.0. The molecule has 0 aromatic rings. The molecule has 0 aliphatic carbocycles. The molecule has 0 aromatic heterocycles. The van der Waals surface area contributed by atoms with Gasteiger partial charge in [-0.2, -0.15) is 0 Å². The Morgan fingerprint density at radius 2 is 0.482 bits per heavy atom. The number of carbonyl (C=O) groups is 4. The van der Waals surface area contributed by atoms with Crippen molar-refractivity contribution in [3.8, 4) is 0 Å². The van der Waals surface area contributed by atoms with Crippen LogP contribution in [0.5, 0.6) is 0 Å². The number of phosphoric acid groups is 2. The zero-order chi connectivity index (χ0) is 81.7. The molecule has 632 valence electrons. The highest BCUT2D eigenvalue weighted by Crippen LogP contribution is 2.45. The lowest BCUT2D eigenvalue weighted by Crippen LogP contribution is -2.30. The molecule has 17 nitrogen and oxygen atoms in total. The molecule has 0 aliphatic heterocycles. The van der Waals surface area contributed by atoms with Gasteiger partial charge in [-0.25, -0.2) is 9.13 Å². The number of carbonyl (C=O) groups excluding carboxylic acids is 4. The van der Waals surface area contributed by atoms with Crippen molar-refractivity contribution in [3.63, 3.8) is 0 Å². The van der Waals surface area contributed by atoms with Gasteiger partial charge >= 0.3 is 39.5 Å². The van der Waals surface area contributed by atoms with Gasteiger partial charge in [0.1, 0.15) is 19.3 Å². The van der Waals surface area contributed by atoms with Crippen molar-refractivity contribution >= 4 is 39.5 Å². The van der Waals surface area contributed by atoms with Crippen LogP contribution in [0.25, 0.3) is 0 Å². The molecule has 5 unspecified atom stereocenters. The van der Waals surface area contributed by atoms with Crippen molar-refractivity contribution in [3.05, 3.63) is 207 Å². The summed E-state index contributed by atoms with van der Waals surface area (Å²) in [6.07, 6.45) is 104. The van der Waals surface area contributed by atoms with Crippen LogP contribution >= 0.6 is 15.6 Å². The zero-order valence-corrected chi connectivity index (χ0v) is 71.0. The van der Waals surface area contributed by atoms with Crippen LogP contribution in [-0.4, -0.2) is 96.7 Å². The van der Waals surface area contributed by atoms with Crippen molar-refractivity contribution in [1.82, 2.24) is 0 Å². The molecule has 0 saturated heterocycles. The molecule has 19 heteroatoms. The Morgan fingerprint density at radius 3 is 0.786 bits per heavy atom. The molecule has 0 bridgehead atoms. The molecule has 0 spiro atoms. The fourth-order valence-electron chi connectivity index (χ4n) is 10.4. The van der Waals surface area contributed by atoms with Crippen molar-refractivity contribution < 1.29 is 80.2 Å². The molecule has 0 aliphatic rings. The second-order valence-electron chi connectivity index (χ2n) is 27.3. The van der Waals surface area contributed by atoms with Gasteiger partial charge in [0.15, 0.2) is 12.2 Å². The Labute approximate surface area is 678 Å². The van der Waals surface area contributed by atoms with Crippen LogP contribution in [0.2, 0.25) is 0 Å². The molecule has 112 heavy (non-hydrogen) atoms. The Balaban J connectivity index is 5.52. The van der Waals surface area contributed by atoms with Gasteiger partial charge in [0.2, 0.25) is 0 Å². The van der Waals surface area contributed by atoms with Gasteiger partial charge < -0.3 is 33.8 Å². The van der Waals surface area contributed by atoms with Crippen LogP contribution in [0.3, 0.4) is 0 Å². The van der Waals surface area contributed by atoms with Gasteiger partial charge in [0, 0.05) is 25.7 Å². The Kier molecular flexibility index (Phi) is 77.9. The molecular weight excluding hydrogens is 1450 g/mol. The SMILES string of the molecule is CC/C=C\C/C=C\C/C=C\C/C=C\C/C=C\C/C=C\CCC(=O)OCC(COP(=O)(O)OCC(O)COP(=O)(O)OCC(COC(=O)CCCCCCCC/C=C\C/C=C\C/C=C\CCCCC)OC(=O)CCCC/C=C\C/C=C\C/C=C\C/C=C\CC)OC(=O)CCCCCCCC/C=C\C/C=C\C/C=C\C/C=C\CC. The van der Waals surface area contributed by atoms with Crippen molar-refractivity contribution in [2.45, 2.75) is 316 Å². The minimum atomic E-state index is -5.02. The summed E-state index contributed by atoms with van der Waals surface area (Å²) in [5.41, 5.74) is 0. The third-order valence-electron chi connectivity index (χ3n) is 16.7. The van der Waals surface area contributed by atoms with E-state index in [2.05, 4.69) is 216 Å². The summed E-state index contributed by atoms with van der Waals surface area (Å²) >= 11 is 0. The van der Waals surface area contributed by atoms with E-state index in [1.54, 1.807) is 0 Å². The van der Waals surface area contributed by atoms with Gasteiger partial charge in [-0.3, -0.25) is 37.3 Å². The van der Waals surface area contributed by atoms with Crippen LogP contribution in [0.15, 0.2) is 207 Å². The van der Waals surface area contributed by atoms with E-state index in [-0.39, 0.29) is 25.7 Å². The molecule has 3 N–H and O–H groups in total. The van der Waals surface area contributed by atoms with E-state index in [1.807, 2.05) is 18.2 Å². The third kappa shape index (κ3) is 81.6. The number of aliphatic hydroxyl groups is 1. The van der Waals surface area contributed by atoms with E-state index in [0.29, 0.717) is 38.5 Å². The zero-order valence-electron chi connectivity index (χ0n) is 69.3. The molecular formula is C93H148O17P2. The normalized spacial score (nSPS) is 14.8. The smallest absolute Gasteiger partial charge is 0.462 e. The molecule has 0 heterocycles. The molecule has 0 rings (SSSR count). The summed E-state index contributed by atoms with van der Waals surface area (Å²) in [5.74, 6) is -2.37. The summed E-state index contributed by atoms with van der Waals surface area (Å²) < 4.78 is 68.7. The van der Waals surface area contributed by atoms with E-state index in [1.165, 1.54) is 19.3 Å². The second kappa shape index (κ2) is 82.6. The van der Waals surface area contributed by atoms with Gasteiger partial charge in [0.25, 0.3) is 0 Å². The van der Waals surface area contributed by atoms with E-state index < -0.39 is 97.5 Å². The largest absolute Gasteiger partial charge is 0.472 e. The standard InChI is InChI=1S/C93H148O17P2/c1-5-9-13-17-21-25-29-33-37-40-43-46-50-53-57-61-65-69-73-77-90(95)103-83-88(109-92(97)79-75-71-67-63-59-55-49-36-32-28-24-20-16-12-8-4)85-107-111(99,100)105-81-87(94)82-106-112(101,102)108-86-89(110-93(98)80-76-72-68-64-60-56-52-48-45-42-39-35-31-27-23-19-15-11-7-3)84-104-91(96)78-74-70-66-62-58-54-51-47-44-41-38-34-30-26-22-18-14-10-6-2/h10-12,14-16,21-28,33-39,43-49,54,58-59,63,66,70,87-89,94H,5-9,13,17-20,29-32,40-42,50-53,55-57,60-62,64-65,67-69,71-86H2,1-4H3,(H,99,100)(H,101,102)/b14-10-,15-11-,16-12-,25-21-,26-22-,27-23-,28-24-,37-33-,38-34-,39-35-,46-43-,47-44-,48-45-,49-36-,58-54-,63-59-,70-66-. The Bertz CT molecular complexity index is 2940. The average Bonchev–Trinajstić information content (AvgIpc) is 0.898. The summed E-state index contributed by atoms with van der Waals surface area (Å²) in [5, 5.41) is 10.7. The van der Waals surface area contributed by atoms with E-state index >= 15 is 0 Å². The average molecular weight is 1600 g/mol. The van der Waals surface area contributed by atoms with Gasteiger partial charge in [-0.05, 0) is 180 Å². The maximum Gasteiger partial charge on any atom is 0.472 e. The first-order chi connectivity index (χ1) is 54.7. The van der Waals surface area contributed by atoms with Crippen LogP contribution in [0, 0.1) is 0 Å². The highest BCUT2D eigenvalue weighted by atomic mass is 31.2. The third-order valence-corrected chi connectivity index (χ3v) is 18.6. The van der Waals surface area contributed by atoms with Crippen molar-refractivity contribution in [2.75, 3.05) is 39.6 Å². The Hall–Kier alpha value is -6.36. The number of allylic oxidation sites excluding steroid dienone is 34. The predicted octanol–water partition coefficient (Wildman–Crippen LogP) is 25.4. The number of rotatable bonds is 77. The minimum absolute atomic E-state index is 0.0232. The number of esters is 4. The van der Waals surface area contributed by atoms with Crippen molar-refractivity contribution in [2.24, 2.45) is 0 Å². The predicted molar refractivity (Wildman–Crippen MR) is 463 cm³/mol. The maximum atomic E-state index is 13.1. The lowest BCUT2D eigenvalue weighted by atomic mass is 10.1. The van der Waals surface area contributed by atoms with E-state index in [9.17, 15) is 43.2 Å². The molecule has 0 aromatic carbocycles. The number of phosphoric ester groups is 2. The quantitative estimate of drug-likeness (QED) is 0.0169. The first-order valence-electron chi connectivity index (χ1n) is 42.3. The van der Waals surface area contributed by atoms with Crippen LogP contribution in [0.1, 0.15) is 297 Å². The number of aliphatic hydroxyl groups excluding tert-OH is 1. The highest BCUT2D eigenvalue weighted by Gasteiger charge is 2.30. The van der Waals surface area contributed by atoms with Crippen LogP contribution < -0.4 is 0 Å². The Morgan fingerprint density at radius 1 is 0.259 bits per heavy atom. The van der Waals surface area contributed by atoms with Crippen LogP contribution in [0.4, 0.5) is 0 Å². The molecule has 0 saturated carbocycles. The van der Waals surface area contributed by atoms with E-state index in [0.717, 1.165) is 186 Å². The monoisotopic (exact) mass is 1600 g/mol. The minimum Gasteiger partial charge on any atom is -0.462 e. The molecule has 0 fully saturated rings. The van der Waals surface area contributed by atoms with Gasteiger partial charge in [0.05, 0.1) is 26.4 Å². The number of unbranched alkanes of at least 4 members (excludes halogenated alkanes) is 17. The summed E-state index contributed by atoms with van der Waals surface area (Å²) in [6, 6.07) is 0. The lowest BCUT2D eigenvalue weighted by molar-refractivity contribution is -0.161. The molecule has 0 amide bonds. The van der Waals surface area contributed by atoms with Gasteiger partial charge in [-0.1, -0.05) is 298 Å². The summed E-state index contributed by atoms with van der Waals surface area (Å²) in [6.45, 7) is 4.33. The van der Waals surface area contributed by atoms with E-state index in [4.69, 9.17) is 37.0 Å². The summed E-state index contributed by atoms with van der Waals surface area (Å²) in [4.78, 5) is 73.2.